The Hall–Kier alpha value is -2.62. The number of nitriles is 1. The number of carbonyl (C=O) groups is 1. The molecule has 2 aliphatic heterocycles. The first-order chi connectivity index (χ1) is 13.4. The maximum atomic E-state index is 11.9. The fraction of sp³-hybridized carbons (Fsp3) is 0.381. The Bertz CT molecular complexity index is 956. The summed E-state index contributed by atoms with van der Waals surface area (Å²) in [5.41, 5.74) is 0.988. The van der Waals surface area contributed by atoms with Crippen molar-refractivity contribution in [1.29, 1.82) is 5.26 Å². The van der Waals surface area contributed by atoms with Crippen molar-refractivity contribution in [2.24, 2.45) is 0 Å². The number of anilines is 2. The first kappa shape index (κ1) is 18.7. The zero-order valence-electron chi connectivity index (χ0n) is 15.6. The number of hydrogen-bond acceptors (Lipinski definition) is 5. The number of aromatic nitrogens is 1. The molecule has 4 rings (SSSR count). The number of benzene rings is 1. The van der Waals surface area contributed by atoms with Crippen LogP contribution in [-0.4, -0.2) is 35.1 Å². The van der Waals surface area contributed by atoms with E-state index >= 15 is 0 Å². The third-order valence-electron chi connectivity index (χ3n) is 5.89. The number of aliphatic hydroxyl groups is 1. The molecule has 0 spiro atoms. The molecule has 1 amide bonds. The van der Waals surface area contributed by atoms with Gasteiger partial charge in [0, 0.05) is 37.0 Å². The molecule has 1 aromatic heterocycles. The molecule has 28 heavy (non-hydrogen) atoms. The van der Waals surface area contributed by atoms with Crippen LogP contribution in [-0.2, 0) is 10.4 Å². The van der Waals surface area contributed by atoms with Gasteiger partial charge in [-0.25, -0.2) is 4.98 Å². The number of hydrogen-bond donors (Lipinski definition) is 1. The van der Waals surface area contributed by atoms with Crippen molar-refractivity contribution in [3.05, 3.63) is 52.7 Å². The van der Waals surface area contributed by atoms with Crippen molar-refractivity contribution in [3.8, 4) is 6.07 Å². The van der Waals surface area contributed by atoms with Gasteiger partial charge in [-0.2, -0.15) is 5.26 Å². The van der Waals surface area contributed by atoms with Crippen molar-refractivity contribution >= 4 is 29.0 Å². The second-order valence-corrected chi connectivity index (χ2v) is 7.78. The molecule has 0 aliphatic carbocycles. The Morgan fingerprint density at radius 2 is 2.14 bits per heavy atom. The zero-order chi connectivity index (χ0) is 19.9. The van der Waals surface area contributed by atoms with Gasteiger partial charge in [-0.05, 0) is 44.0 Å². The molecular weight excluding hydrogens is 376 g/mol. The Morgan fingerprint density at radius 3 is 2.75 bits per heavy atom. The van der Waals surface area contributed by atoms with E-state index in [-0.39, 0.29) is 11.9 Å². The predicted octanol–water partition coefficient (Wildman–Crippen LogP) is 3.22. The number of pyridine rings is 1. The van der Waals surface area contributed by atoms with Gasteiger partial charge in [-0.3, -0.25) is 9.69 Å². The van der Waals surface area contributed by atoms with Gasteiger partial charge in [-0.1, -0.05) is 17.7 Å². The maximum absolute atomic E-state index is 11.9. The standard InChI is InChI=1S/C21H21ClN4O2/c1-14-21(28,8-10-25(14)17-6-4-15(12-23)18(22)11-17)16-5-7-19(24-13-16)26-9-2-3-20(26)27/h4-7,11,13-14,28H,2-3,8-10H2,1H3/t14-,21-/m0/s1. The van der Waals surface area contributed by atoms with E-state index in [0.29, 0.717) is 42.3 Å². The lowest BCUT2D eigenvalue weighted by Gasteiger charge is -2.33. The lowest BCUT2D eigenvalue weighted by Crippen LogP contribution is -2.40. The summed E-state index contributed by atoms with van der Waals surface area (Å²) in [7, 11) is 0. The first-order valence-corrected chi connectivity index (χ1v) is 9.77. The highest BCUT2D eigenvalue weighted by molar-refractivity contribution is 6.32. The Kier molecular flexibility index (Phi) is 4.74. The molecule has 0 bridgehead atoms. The normalized spacial score (nSPS) is 24.6. The number of halogens is 1. The summed E-state index contributed by atoms with van der Waals surface area (Å²) in [4.78, 5) is 20.1. The van der Waals surface area contributed by atoms with E-state index in [0.717, 1.165) is 17.7 Å². The van der Waals surface area contributed by atoms with Gasteiger partial charge in [0.1, 0.15) is 17.5 Å². The van der Waals surface area contributed by atoms with Gasteiger partial charge in [0.2, 0.25) is 5.91 Å². The molecular formula is C21H21ClN4O2. The summed E-state index contributed by atoms with van der Waals surface area (Å²) in [6.45, 7) is 3.32. The monoisotopic (exact) mass is 396 g/mol. The number of carbonyl (C=O) groups excluding carboxylic acids is 1. The van der Waals surface area contributed by atoms with Gasteiger partial charge in [0.15, 0.2) is 0 Å². The van der Waals surface area contributed by atoms with E-state index in [4.69, 9.17) is 16.9 Å². The maximum Gasteiger partial charge on any atom is 0.228 e. The van der Waals surface area contributed by atoms with Crippen molar-refractivity contribution in [2.75, 3.05) is 22.9 Å². The van der Waals surface area contributed by atoms with Crippen LogP contribution in [0.1, 0.15) is 37.3 Å². The van der Waals surface area contributed by atoms with Gasteiger partial charge in [0.25, 0.3) is 0 Å². The summed E-state index contributed by atoms with van der Waals surface area (Å²) < 4.78 is 0. The Labute approximate surface area is 169 Å². The van der Waals surface area contributed by atoms with Crippen molar-refractivity contribution in [3.63, 3.8) is 0 Å². The minimum absolute atomic E-state index is 0.0945. The summed E-state index contributed by atoms with van der Waals surface area (Å²) >= 11 is 6.18. The van der Waals surface area contributed by atoms with Crippen LogP contribution in [0.2, 0.25) is 5.02 Å². The third kappa shape index (κ3) is 3.01. The van der Waals surface area contributed by atoms with E-state index in [1.807, 2.05) is 25.1 Å². The van der Waals surface area contributed by atoms with Crippen LogP contribution in [0.3, 0.4) is 0 Å². The van der Waals surface area contributed by atoms with Crippen molar-refractivity contribution < 1.29 is 9.90 Å². The van der Waals surface area contributed by atoms with Gasteiger partial charge in [0.05, 0.1) is 16.6 Å². The van der Waals surface area contributed by atoms with Gasteiger partial charge < -0.3 is 10.0 Å². The molecule has 0 saturated carbocycles. The first-order valence-electron chi connectivity index (χ1n) is 9.39. The average Bonchev–Trinajstić information content (AvgIpc) is 3.26. The second-order valence-electron chi connectivity index (χ2n) is 7.37. The fourth-order valence-corrected chi connectivity index (χ4v) is 4.37. The van der Waals surface area contributed by atoms with E-state index in [2.05, 4.69) is 16.0 Å². The predicted molar refractivity (Wildman–Crippen MR) is 107 cm³/mol. The summed E-state index contributed by atoms with van der Waals surface area (Å²) in [5, 5.41) is 20.9. The summed E-state index contributed by atoms with van der Waals surface area (Å²) in [6.07, 6.45) is 3.64. The average molecular weight is 397 g/mol. The number of amides is 1. The molecule has 0 unspecified atom stereocenters. The smallest absolute Gasteiger partial charge is 0.228 e. The number of rotatable bonds is 3. The minimum Gasteiger partial charge on any atom is -0.383 e. The highest BCUT2D eigenvalue weighted by atomic mass is 35.5. The van der Waals surface area contributed by atoms with E-state index in [1.165, 1.54) is 0 Å². The highest BCUT2D eigenvalue weighted by Gasteiger charge is 2.45. The third-order valence-corrected chi connectivity index (χ3v) is 6.21. The Morgan fingerprint density at radius 1 is 1.32 bits per heavy atom. The topological polar surface area (TPSA) is 80.5 Å². The minimum atomic E-state index is -1.05. The van der Waals surface area contributed by atoms with E-state index in [1.54, 1.807) is 23.2 Å². The molecule has 2 atom stereocenters. The number of nitrogens with zero attached hydrogens (tertiary/aromatic N) is 4. The molecule has 2 aliphatic rings. The zero-order valence-corrected chi connectivity index (χ0v) is 16.4. The van der Waals surface area contributed by atoms with Gasteiger partial charge in [-0.15, -0.1) is 0 Å². The molecule has 2 aromatic rings. The molecule has 7 heteroatoms. The molecule has 2 saturated heterocycles. The molecule has 3 heterocycles. The van der Waals surface area contributed by atoms with Crippen LogP contribution in [0.4, 0.5) is 11.5 Å². The SMILES string of the molecule is C[C@@H]1N(c2ccc(C#N)c(Cl)c2)CC[C@@]1(O)c1ccc(N2CCCC2=O)nc1. The van der Waals surface area contributed by atoms with Crippen LogP contribution >= 0.6 is 11.6 Å². The van der Waals surface area contributed by atoms with Crippen LogP contribution in [0.5, 0.6) is 0 Å². The Balaban J connectivity index is 1.58. The summed E-state index contributed by atoms with van der Waals surface area (Å²) in [5.74, 6) is 0.730. The molecule has 2 fully saturated rings. The van der Waals surface area contributed by atoms with Crippen LogP contribution < -0.4 is 9.80 Å². The molecule has 6 nitrogen and oxygen atoms in total. The lowest BCUT2D eigenvalue weighted by molar-refractivity contribution is -0.117. The van der Waals surface area contributed by atoms with Crippen LogP contribution in [0, 0.1) is 11.3 Å². The van der Waals surface area contributed by atoms with E-state index in [9.17, 15) is 9.90 Å². The molecule has 144 valence electrons. The molecule has 1 N–H and O–H groups in total. The van der Waals surface area contributed by atoms with Crippen molar-refractivity contribution in [1.82, 2.24) is 4.98 Å². The van der Waals surface area contributed by atoms with Gasteiger partial charge >= 0.3 is 0 Å². The summed E-state index contributed by atoms with van der Waals surface area (Å²) in [6, 6.07) is 10.9. The lowest BCUT2D eigenvalue weighted by atomic mass is 9.88. The van der Waals surface area contributed by atoms with Crippen LogP contribution in [0.15, 0.2) is 36.5 Å². The van der Waals surface area contributed by atoms with Crippen molar-refractivity contribution in [2.45, 2.75) is 37.8 Å². The fourth-order valence-electron chi connectivity index (χ4n) is 4.16. The second kappa shape index (κ2) is 7.08. The molecule has 0 radical (unpaired) electrons. The quantitative estimate of drug-likeness (QED) is 0.861. The molecule has 1 aromatic carbocycles. The largest absolute Gasteiger partial charge is 0.383 e. The van der Waals surface area contributed by atoms with E-state index < -0.39 is 5.60 Å². The highest BCUT2D eigenvalue weighted by Crippen LogP contribution is 2.41. The van der Waals surface area contributed by atoms with Crippen LogP contribution in [0.25, 0.3) is 0 Å².